The van der Waals surface area contributed by atoms with Gasteiger partial charge in [-0.15, -0.1) is 0 Å². The van der Waals surface area contributed by atoms with Crippen molar-refractivity contribution in [3.63, 3.8) is 0 Å². The van der Waals surface area contributed by atoms with E-state index in [1.165, 1.54) is 0 Å². The number of carbonyl (C=O) groups is 1. The number of nitrogens with one attached hydrogen (secondary N) is 2. The van der Waals surface area contributed by atoms with E-state index in [4.69, 9.17) is 0 Å². The van der Waals surface area contributed by atoms with Crippen LogP contribution in [-0.2, 0) is 0 Å². The van der Waals surface area contributed by atoms with Gasteiger partial charge in [-0.3, -0.25) is 9.78 Å². The molecule has 32 heavy (non-hydrogen) atoms. The van der Waals surface area contributed by atoms with E-state index in [1.54, 1.807) is 12.4 Å². The lowest BCUT2D eigenvalue weighted by atomic mass is 10.1. The van der Waals surface area contributed by atoms with Crippen LogP contribution < -0.4 is 10.6 Å². The number of hydrogen-bond acceptors (Lipinski definition) is 5. The second-order valence-electron chi connectivity index (χ2n) is 7.20. The SMILES string of the molecule is O=C(Nc1cccc(Nc2nccc(-c3ccccn3)n2)c1)c1ccc2ccccc2c1. The Hall–Kier alpha value is -4.58. The fourth-order valence-electron chi connectivity index (χ4n) is 3.41. The first-order valence-corrected chi connectivity index (χ1v) is 10.2. The van der Waals surface area contributed by atoms with Gasteiger partial charge in [0.2, 0.25) is 5.95 Å². The monoisotopic (exact) mass is 417 g/mol. The topological polar surface area (TPSA) is 79.8 Å². The first-order valence-electron chi connectivity index (χ1n) is 10.2. The lowest BCUT2D eigenvalue weighted by molar-refractivity contribution is 0.102. The van der Waals surface area contributed by atoms with Crippen molar-refractivity contribution in [1.29, 1.82) is 0 Å². The van der Waals surface area contributed by atoms with Crippen LogP contribution in [0.4, 0.5) is 17.3 Å². The highest BCUT2D eigenvalue weighted by Gasteiger charge is 2.08. The minimum absolute atomic E-state index is 0.165. The summed E-state index contributed by atoms with van der Waals surface area (Å²) in [7, 11) is 0. The third-order valence-electron chi connectivity index (χ3n) is 4.97. The maximum Gasteiger partial charge on any atom is 0.255 e. The van der Waals surface area contributed by atoms with Crippen LogP contribution in [0.25, 0.3) is 22.2 Å². The zero-order chi connectivity index (χ0) is 21.8. The molecule has 0 saturated heterocycles. The van der Waals surface area contributed by atoms with Gasteiger partial charge in [-0.25, -0.2) is 9.97 Å². The van der Waals surface area contributed by atoms with Crippen molar-refractivity contribution >= 4 is 34.0 Å². The number of nitrogens with zero attached hydrogens (tertiary/aromatic N) is 3. The molecule has 0 aliphatic carbocycles. The minimum atomic E-state index is -0.165. The first kappa shape index (κ1) is 19.4. The lowest BCUT2D eigenvalue weighted by Gasteiger charge is -2.10. The lowest BCUT2D eigenvalue weighted by Crippen LogP contribution is -2.12. The average Bonchev–Trinajstić information content (AvgIpc) is 2.85. The van der Waals surface area contributed by atoms with Crippen molar-refractivity contribution in [2.75, 3.05) is 10.6 Å². The van der Waals surface area contributed by atoms with Crippen molar-refractivity contribution in [1.82, 2.24) is 15.0 Å². The van der Waals surface area contributed by atoms with E-state index >= 15 is 0 Å². The molecule has 0 aliphatic heterocycles. The van der Waals surface area contributed by atoms with Crippen molar-refractivity contribution < 1.29 is 4.79 Å². The van der Waals surface area contributed by atoms with Crippen molar-refractivity contribution in [3.05, 3.63) is 109 Å². The zero-order valence-electron chi connectivity index (χ0n) is 17.1. The summed E-state index contributed by atoms with van der Waals surface area (Å²) in [6.07, 6.45) is 3.41. The summed E-state index contributed by atoms with van der Waals surface area (Å²) >= 11 is 0. The standard InChI is InChI=1S/C26H19N5O/c32-25(20-12-11-18-6-1-2-7-19(18)16-20)29-21-8-5-9-22(17-21)30-26-28-15-13-24(31-26)23-10-3-4-14-27-23/h1-17H,(H,29,32)(H,28,30,31). The summed E-state index contributed by atoms with van der Waals surface area (Å²) in [5.74, 6) is 0.285. The predicted octanol–water partition coefficient (Wildman–Crippen LogP) is 5.69. The Morgan fingerprint density at radius 1 is 0.656 bits per heavy atom. The van der Waals surface area contributed by atoms with Gasteiger partial charge >= 0.3 is 0 Å². The van der Waals surface area contributed by atoms with Gasteiger partial charge in [-0.05, 0) is 59.3 Å². The van der Waals surface area contributed by atoms with Gasteiger partial charge < -0.3 is 10.6 Å². The number of fused-ring (bicyclic) bond motifs is 1. The largest absolute Gasteiger partial charge is 0.324 e. The number of hydrogen-bond donors (Lipinski definition) is 2. The Morgan fingerprint density at radius 3 is 2.38 bits per heavy atom. The Balaban J connectivity index is 1.33. The van der Waals surface area contributed by atoms with Crippen LogP contribution in [0, 0.1) is 0 Å². The van der Waals surface area contributed by atoms with Crippen LogP contribution in [0.2, 0.25) is 0 Å². The average molecular weight is 417 g/mol. The molecule has 0 fully saturated rings. The Morgan fingerprint density at radius 2 is 1.50 bits per heavy atom. The second kappa shape index (κ2) is 8.65. The van der Waals surface area contributed by atoms with Gasteiger partial charge in [-0.1, -0.05) is 42.5 Å². The van der Waals surface area contributed by atoms with Gasteiger partial charge in [0.15, 0.2) is 0 Å². The number of amides is 1. The van der Waals surface area contributed by atoms with Gasteiger partial charge in [0.05, 0.1) is 11.4 Å². The van der Waals surface area contributed by atoms with Crippen LogP contribution in [0.15, 0.2) is 103 Å². The van der Waals surface area contributed by atoms with Crippen LogP contribution in [0.3, 0.4) is 0 Å². The number of carbonyl (C=O) groups excluding carboxylic acids is 1. The summed E-state index contributed by atoms with van der Waals surface area (Å²) in [5, 5.41) is 8.28. The number of pyridine rings is 1. The molecule has 0 bridgehead atoms. The third-order valence-corrected chi connectivity index (χ3v) is 4.97. The maximum absolute atomic E-state index is 12.8. The Kier molecular flexibility index (Phi) is 5.24. The molecule has 0 unspecified atom stereocenters. The van der Waals surface area contributed by atoms with E-state index in [0.29, 0.717) is 17.2 Å². The van der Waals surface area contributed by atoms with Gasteiger partial charge in [0.25, 0.3) is 5.91 Å². The molecule has 2 heterocycles. The summed E-state index contributed by atoms with van der Waals surface area (Å²) in [4.78, 5) is 25.9. The van der Waals surface area contributed by atoms with E-state index in [2.05, 4.69) is 25.6 Å². The van der Waals surface area contributed by atoms with E-state index < -0.39 is 0 Å². The van der Waals surface area contributed by atoms with Crippen molar-refractivity contribution in [3.8, 4) is 11.4 Å². The molecule has 5 aromatic rings. The molecule has 0 saturated carbocycles. The molecule has 154 valence electrons. The Bertz CT molecular complexity index is 1400. The zero-order valence-corrected chi connectivity index (χ0v) is 17.1. The van der Waals surface area contributed by atoms with E-state index in [0.717, 1.165) is 27.8 Å². The summed E-state index contributed by atoms with van der Waals surface area (Å²) in [6, 6.07) is 28.6. The molecule has 3 aromatic carbocycles. The molecule has 1 amide bonds. The Labute approximate surface area is 185 Å². The van der Waals surface area contributed by atoms with Crippen LogP contribution in [-0.4, -0.2) is 20.9 Å². The molecule has 2 N–H and O–H groups in total. The molecule has 0 atom stereocenters. The van der Waals surface area contributed by atoms with Gasteiger partial charge in [-0.2, -0.15) is 0 Å². The van der Waals surface area contributed by atoms with E-state index in [1.807, 2.05) is 91.0 Å². The minimum Gasteiger partial charge on any atom is -0.324 e. The molecule has 6 nitrogen and oxygen atoms in total. The second-order valence-corrected chi connectivity index (χ2v) is 7.20. The molecule has 0 aliphatic rings. The summed E-state index contributed by atoms with van der Waals surface area (Å²) in [6.45, 7) is 0. The molecule has 0 spiro atoms. The molecule has 2 aromatic heterocycles. The summed E-state index contributed by atoms with van der Waals surface area (Å²) < 4.78 is 0. The molecular weight excluding hydrogens is 398 g/mol. The van der Waals surface area contributed by atoms with E-state index in [9.17, 15) is 4.79 Å². The first-order chi connectivity index (χ1) is 15.7. The fraction of sp³-hybridized carbons (Fsp3) is 0. The van der Waals surface area contributed by atoms with Crippen LogP contribution in [0.1, 0.15) is 10.4 Å². The smallest absolute Gasteiger partial charge is 0.255 e. The number of benzene rings is 3. The highest BCUT2D eigenvalue weighted by Crippen LogP contribution is 2.21. The quantitative estimate of drug-likeness (QED) is 0.384. The van der Waals surface area contributed by atoms with Crippen molar-refractivity contribution in [2.24, 2.45) is 0 Å². The van der Waals surface area contributed by atoms with Crippen LogP contribution >= 0.6 is 0 Å². The highest BCUT2D eigenvalue weighted by molar-refractivity contribution is 6.06. The fourth-order valence-corrected chi connectivity index (χ4v) is 3.41. The van der Waals surface area contributed by atoms with Crippen molar-refractivity contribution in [2.45, 2.75) is 0 Å². The normalized spacial score (nSPS) is 10.6. The number of rotatable bonds is 5. The molecular formula is C26H19N5O. The predicted molar refractivity (Wildman–Crippen MR) is 127 cm³/mol. The summed E-state index contributed by atoms with van der Waals surface area (Å²) in [5.41, 5.74) is 3.54. The maximum atomic E-state index is 12.8. The molecule has 6 heteroatoms. The number of anilines is 3. The van der Waals surface area contributed by atoms with Crippen LogP contribution in [0.5, 0.6) is 0 Å². The number of aromatic nitrogens is 3. The van der Waals surface area contributed by atoms with Gasteiger partial charge in [0.1, 0.15) is 0 Å². The third kappa shape index (κ3) is 4.29. The van der Waals surface area contributed by atoms with Gasteiger partial charge in [0, 0.05) is 29.3 Å². The van der Waals surface area contributed by atoms with E-state index in [-0.39, 0.29) is 5.91 Å². The molecule has 5 rings (SSSR count). The highest BCUT2D eigenvalue weighted by atomic mass is 16.1. The molecule has 0 radical (unpaired) electrons.